The van der Waals surface area contributed by atoms with E-state index in [4.69, 9.17) is 5.73 Å². The summed E-state index contributed by atoms with van der Waals surface area (Å²) < 4.78 is 0. The molecular formula is C10H14N6S. The number of thioether (sulfide) groups is 1. The molecule has 0 aliphatic carbocycles. The smallest absolute Gasteiger partial charge is 0.224 e. The van der Waals surface area contributed by atoms with E-state index in [0.717, 1.165) is 17.0 Å². The monoisotopic (exact) mass is 250 g/mol. The van der Waals surface area contributed by atoms with E-state index in [0.29, 0.717) is 11.7 Å². The van der Waals surface area contributed by atoms with Gasteiger partial charge in [-0.2, -0.15) is 26.8 Å². The summed E-state index contributed by atoms with van der Waals surface area (Å²) in [6, 6.07) is 0.521. The molecule has 0 aromatic carbocycles. The summed E-state index contributed by atoms with van der Waals surface area (Å²) in [6.45, 7) is 0. The molecule has 1 aliphatic rings. The van der Waals surface area contributed by atoms with Crippen molar-refractivity contribution in [1.29, 1.82) is 0 Å². The van der Waals surface area contributed by atoms with Crippen LogP contribution in [0.15, 0.2) is 6.20 Å². The number of hydrogen-bond donors (Lipinski definition) is 2. The zero-order valence-corrected chi connectivity index (χ0v) is 10.4. The van der Waals surface area contributed by atoms with E-state index >= 15 is 0 Å². The average Bonchev–Trinajstić information content (AvgIpc) is 2.97. The van der Waals surface area contributed by atoms with Crippen molar-refractivity contribution in [3.8, 4) is 0 Å². The minimum Gasteiger partial charge on any atom is -0.368 e. The van der Waals surface area contributed by atoms with Gasteiger partial charge in [-0.15, -0.1) is 0 Å². The molecule has 90 valence electrons. The third-order valence-electron chi connectivity index (χ3n) is 3.09. The molecule has 0 amide bonds. The van der Waals surface area contributed by atoms with Crippen LogP contribution in [0.25, 0.3) is 11.0 Å². The minimum absolute atomic E-state index is 0.286. The van der Waals surface area contributed by atoms with Crippen molar-refractivity contribution >= 4 is 34.6 Å². The fourth-order valence-corrected chi connectivity index (χ4v) is 3.37. The number of nitrogens with two attached hydrogens (primary N) is 1. The van der Waals surface area contributed by atoms with Gasteiger partial charge in [0.25, 0.3) is 0 Å². The number of rotatable bonds is 2. The predicted molar refractivity (Wildman–Crippen MR) is 70.2 cm³/mol. The summed E-state index contributed by atoms with van der Waals surface area (Å²) >= 11 is 1.98. The number of anilines is 2. The van der Waals surface area contributed by atoms with E-state index in [1.807, 2.05) is 11.8 Å². The summed E-state index contributed by atoms with van der Waals surface area (Å²) in [5.74, 6) is 3.51. The van der Waals surface area contributed by atoms with Crippen molar-refractivity contribution in [2.45, 2.75) is 12.5 Å². The minimum atomic E-state index is 0.286. The Morgan fingerprint density at radius 3 is 3.18 bits per heavy atom. The average molecular weight is 250 g/mol. The van der Waals surface area contributed by atoms with Gasteiger partial charge in [0.15, 0.2) is 5.65 Å². The summed E-state index contributed by atoms with van der Waals surface area (Å²) in [4.78, 5) is 10.7. The highest BCUT2D eigenvalue weighted by molar-refractivity contribution is 7.99. The molecule has 1 unspecified atom stereocenters. The topological polar surface area (TPSA) is 83.7 Å². The molecule has 7 heteroatoms. The number of nitrogens with zero attached hydrogens (tertiary/aromatic N) is 4. The van der Waals surface area contributed by atoms with Gasteiger partial charge < -0.3 is 10.6 Å². The fourth-order valence-electron chi connectivity index (χ4n) is 2.11. The molecule has 2 aromatic heterocycles. The Morgan fingerprint density at radius 2 is 2.41 bits per heavy atom. The van der Waals surface area contributed by atoms with Crippen LogP contribution in [-0.4, -0.2) is 44.8 Å². The second-order valence-corrected chi connectivity index (χ2v) is 5.32. The number of aromatic amines is 1. The first-order chi connectivity index (χ1) is 8.25. The summed E-state index contributed by atoms with van der Waals surface area (Å²) in [6.07, 6.45) is 2.94. The lowest BCUT2D eigenvalue weighted by Gasteiger charge is -2.25. The molecule has 1 aliphatic heterocycles. The van der Waals surface area contributed by atoms with Crippen molar-refractivity contribution in [2.75, 3.05) is 29.2 Å². The Hall–Kier alpha value is -1.50. The summed E-state index contributed by atoms with van der Waals surface area (Å²) in [5, 5.41) is 7.76. The van der Waals surface area contributed by atoms with E-state index in [2.05, 4.69) is 32.1 Å². The molecule has 3 N–H and O–H groups in total. The van der Waals surface area contributed by atoms with E-state index in [-0.39, 0.29) is 5.95 Å². The predicted octanol–water partition coefficient (Wildman–Crippen LogP) is 0.877. The van der Waals surface area contributed by atoms with Crippen LogP contribution < -0.4 is 10.6 Å². The number of hydrogen-bond acceptors (Lipinski definition) is 6. The van der Waals surface area contributed by atoms with Crippen LogP contribution >= 0.6 is 11.8 Å². The first kappa shape index (κ1) is 10.6. The number of nitrogen functional groups attached to an aromatic ring is 1. The molecule has 0 saturated carbocycles. The summed E-state index contributed by atoms with van der Waals surface area (Å²) in [7, 11) is 2.06. The molecular weight excluding hydrogens is 236 g/mol. The molecule has 3 heterocycles. The van der Waals surface area contributed by atoms with Crippen molar-refractivity contribution in [3.05, 3.63) is 6.20 Å². The molecule has 0 radical (unpaired) electrons. The van der Waals surface area contributed by atoms with E-state index < -0.39 is 0 Å². The molecule has 1 saturated heterocycles. The van der Waals surface area contributed by atoms with Gasteiger partial charge >= 0.3 is 0 Å². The van der Waals surface area contributed by atoms with Crippen LogP contribution in [-0.2, 0) is 0 Å². The highest BCUT2D eigenvalue weighted by Crippen LogP contribution is 2.28. The lowest BCUT2D eigenvalue weighted by molar-refractivity contribution is 0.694. The Balaban J connectivity index is 2.05. The van der Waals surface area contributed by atoms with Crippen LogP contribution in [0.4, 0.5) is 11.8 Å². The number of aromatic nitrogens is 4. The van der Waals surface area contributed by atoms with Crippen LogP contribution in [0, 0.1) is 0 Å². The molecule has 1 atom stereocenters. The van der Waals surface area contributed by atoms with E-state index in [1.54, 1.807) is 6.20 Å². The maximum Gasteiger partial charge on any atom is 0.224 e. The van der Waals surface area contributed by atoms with Crippen LogP contribution in [0.1, 0.15) is 6.42 Å². The zero-order chi connectivity index (χ0) is 11.8. The SMILES string of the molecule is CN(c1nc(N)nc2[nH]ncc12)C1CCSC1. The first-order valence-corrected chi connectivity index (χ1v) is 6.68. The molecule has 2 aromatic rings. The van der Waals surface area contributed by atoms with Gasteiger partial charge in [0.1, 0.15) is 5.82 Å². The van der Waals surface area contributed by atoms with Gasteiger partial charge in [-0.25, -0.2) is 0 Å². The van der Waals surface area contributed by atoms with E-state index in [9.17, 15) is 0 Å². The molecule has 0 bridgehead atoms. The number of H-pyrrole nitrogens is 1. The highest BCUT2D eigenvalue weighted by Gasteiger charge is 2.23. The standard InChI is InChI=1S/C10H14N6S/c1-16(6-2-3-17-5-6)9-7-4-12-15-8(7)13-10(11)14-9/h4,6H,2-3,5H2,1H3,(H3,11,12,13,14,15). The third kappa shape index (κ3) is 1.80. The molecule has 6 nitrogen and oxygen atoms in total. The van der Waals surface area contributed by atoms with Crippen molar-refractivity contribution in [1.82, 2.24) is 20.2 Å². The van der Waals surface area contributed by atoms with Crippen LogP contribution in [0.3, 0.4) is 0 Å². The van der Waals surface area contributed by atoms with Crippen LogP contribution in [0.2, 0.25) is 0 Å². The third-order valence-corrected chi connectivity index (χ3v) is 4.24. The first-order valence-electron chi connectivity index (χ1n) is 5.53. The summed E-state index contributed by atoms with van der Waals surface area (Å²) in [5.41, 5.74) is 6.42. The van der Waals surface area contributed by atoms with Gasteiger partial charge in [0, 0.05) is 18.8 Å². The number of fused-ring (bicyclic) bond motifs is 1. The van der Waals surface area contributed by atoms with Crippen molar-refractivity contribution < 1.29 is 0 Å². The Bertz CT molecular complexity index is 533. The van der Waals surface area contributed by atoms with Crippen molar-refractivity contribution in [3.63, 3.8) is 0 Å². The second kappa shape index (κ2) is 4.06. The zero-order valence-electron chi connectivity index (χ0n) is 9.55. The van der Waals surface area contributed by atoms with Gasteiger partial charge in [-0.1, -0.05) is 0 Å². The quantitative estimate of drug-likeness (QED) is 0.823. The molecule has 0 spiro atoms. The van der Waals surface area contributed by atoms with Gasteiger partial charge in [-0.05, 0) is 12.2 Å². The Labute approximate surface area is 103 Å². The number of nitrogens with one attached hydrogen (secondary N) is 1. The maximum atomic E-state index is 5.72. The molecule has 17 heavy (non-hydrogen) atoms. The van der Waals surface area contributed by atoms with Crippen LogP contribution in [0.5, 0.6) is 0 Å². The lowest BCUT2D eigenvalue weighted by Crippen LogP contribution is -2.32. The van der Waals surface area contributed by atoms with Gasteiger partial charge in [0.2, 0.25) is 5.95 Å². The molecule has 3 rings (SSSR count). The Kier molecular flexibility index (Phi) is 2.54. The normalized spacial score (nSPS) is 19.9. The van der Waals surface area contributed by atoms with Crippen molar-refractivity contribution in [2.24, 2.45) is 0 Å². The largest absolute Gasteiger partial charge is 0.368 e. The van der Waals surface area contributed by atoms with E-state index in [1.165, 1.54) is 12.2 Å². The lowest BCUT2D eigenvalue weighted by atomic mass is 10.2. The van der Waals surface area contributed by atoms with Gasteiger partial charge in [-0.3, -0.25) is 5.10 Å². The second-order valence-electron chi connectivity index (χ2n) is 4.17. The highest BCUT2D eigenvalue weighted by atomic mass is 32.2. The fraction of sp³-hybridized carbons (Fsp3) is 0.500. The maximum absolute atomic E-state index is 5.72. The van der Waals surface area contributed by atoms with Gasteiger partial charge in [0.05, 0.1) is 11.6 Å². The Morgan fingerprint density at radius 1 is 1.53 bits per heavy atom. The molecule has 1 fully saturated rings.